The number of rotatable bonds is 9. The van der Waals surface area contributed by atoms with Gasteiger partial charge >= 0.3 is 0 Å². The molecular weight excluding hydrogens is 436 g/mol. The zero-order chi connectivity index (χ0) is 24.0. The van der Waals surface area contributed by atoms with Gasteiger partial charge in [-0.05, 0) is 80.4 Å². The first-order valence-corrected chi connectivity index (χ1v) is 11.4. The third-order valence-electron chi connectivity index (χ3n) is 5.12. The second kappa shape index (κ2) is 10.9. The first-order chi connectivity index (χ1) is 15.9. The van der Waals surface area contributed by atoms with Crippen LogP contribution in [0.25, 0.3) is 6.08 Å². The maximum absolute atomic E-state index is 13.3. The topological polar surface area (TPSA) is 67.9 Å². The van der Waals surface area contributed by atoms with Gasteiger partial charge < -0.3 is 9.47 Å². The lowest BCUT2D eigenvalue weighted by atomic mass is 10.0. The third kappa shape index (κ3) is 5.31. The van der Waals surface area contributed by atoms with Crippen LogP contribution >= 0.6 is 12.2 Å². The second-order valence-electron chi connectivity index (χ2n) is 7.34. The Morgan fingerprint density at radius 1 is 1.06 bits per heavy atom. The van der Waals surface area contributed by atoms with Crippen LogP contribution < -0.4 is 19.7 Å². The van der Waals surface area contributed by atoms with Crippen molar-refractivity contribution in [1.29, 1.82) is 0 Å². The first-order valence-electron chi connectivity index (χ1n) is 11.0. The SMILES string of the molecule is C=CCc1cc(C=C2C(=O)NC(=S)N(c3ccc(CC)cc3)C2=O)cc(OCC)c1OCC. The summed E-state index contributed by atoms with van der Waals surface area (Å²) in [7, 11) is 0. The second-order valence-corrected chi connectivity index (χ2v) is 7.73. The van der Waals surface area contributed by atoms with Gasteiger partial charge in [0.05, 0.1) is 18.9 Å². The van der Waals surface area contributed by atoms with E-state index in [1.807, 2.05) is 44.2 Å². The molecule has 7 heteroatoms. The number of hydrogen-bond acceptors (Lipinski definition) is 5. The maximum Gasteiger partial charge on any atom is 0.270 e. The molecular formula is C26H28N2O4S. The Morgan fingerprint density at radius 3 is 2.36 bits per heavy atom. The van der Waals surface area contributed by atoms with Gasteiger partial charge in [-0.2, -0.15) is 0 Å². The van der Waals surface area contributed by atoms with Crippen molar-refractivity contribution >= 4 is 40.9 Å². The van der Waals surface area contributed by atoms with E-state index in [0.29, 0.717) is 42.4 Å². The van der Waals surface area contributed by atoms with Crippen LogP contribution in [-0.4, -0.2) is 30.1 Å². The number of anilines is 1. The fourth-order valence-electron chi connectivity index (χ4n) is 3.58. The highest BCUT2D eigenvalue weighted by atomic mass is 32.1. The lowest BCUT2D eigenvalue weighted by Crippen LogP contribution is -2.54. The van der Waals surface area contributed by atoms with Crippen molar-refractivity contribution in [3.63, 3.8) is 0 Å². The van der Waals surface area contributed by atoms with Crippen molar-refractivity contribution in [2.24, 2.45) is 0 Å². The largest absolute Gasteiger partial charge is 0.490 e. The Hall–Kier alpha value is -3.45. The molecule has 0 bridgehead atoms. The Labute approximate surface area is 199 Å². The molecule has 3 rings (SSSR count). The number of hydrogen-bond donors (Lipinski definition) is 1. The Bertz CT molecular complexity index is 1110. The van der Waals surface area contributed by atoms with E-state index in [1.54, 1.807) is 18.2 Å². The van der Waals surface area contributed by atoms with Gasteiger partial charge in [-0.15, -0.1) is 6.58 Å². The fraction of sp³-hybridized carbons (Fsp3) is 0.269. The quantitative estimate of drug-likeness (QED) is 0.254. The monoisotopic (exact) mass is 464 g/mol. The van der Waals surface area contributed by atoms with Crippen molar-refractivity contribution < 1.29 is 19.1 Å². The zero-order valence-electron chi connectivity index (χ0n) is 19.1. The van der Waals surface area contributed by atoms with Gasteiger partial charge in [0.25, 0.3) is 11.8 Å². The highest BCUT2D eigenvalue weighted by molar-refractivity contribution is 7.80. The van der Waals surface area contributed by atoms with Crippen LogP contribution in [0.2, 0.25) is 0 Å². The molecule has 0 aliphatic carbocycles. The number of allylic oxidation sites excluding steroid dienone is 1. The summed E-state index contributed by atoms with van der Waals surface area (Å²) in [5.41, 5.74) is 3.23. The molecule has 2 aromatic carbocycles. The molecule has 2 amide bonds. The number of carbonyl (C=O) groups excluding carboxylic acids is 2. The number of carbonyl (C=O) groups is 2. The van der Waals surface area contributed by atoms with E-state index in [2.05, 4.69) is 18.8 Å². The van der Waals surface area contributed by atoms with E-state index >= 15 is 0 Å². The molecule has 1 aliphatic heterocycles. The number of ether oxygens (including phenoxy) is 2. The number of aryl methyl sites for hydroxylation is 1. The van der Waals surface area contributed by atoms with Crippen LogP contribution in [0.15, 0.2) is 54.6 Å². The molecule has 172 valence electrons. The van der Waals surface area contributed by atoms with Gasteiger partial charge in [0.15, 0.2) is 16.6 Å². The van der Waals surface area contributed by atoms with Gasteiger partial charge in [-0.25, -0.2) is 0 Å². The minimum absolute atomic E-state index is 0.0145. The van der Waals surface area contributed by atoms with Gasteiger partial charge in [-0.3, -0.25) is 19.8 Å². The van der Waals surface area contributed by atoms with Crippen molar-refractivity contribution in [3.8, 4) is 11.5 Å². The molecule has 6 nitrogen and oxygen atoms in total. The summed E-state index contributed by atoms with van der Waals surface area (Å²) in [4.78, 5) is 27.4. The molecule has 1 aliphatic rings. The van der Waals surface area contributed by atoms with Gasteiger partial charge in [-0.1, -0.05) is 25.1 Å². The first kappa shape index (κ1) is 24.2. The summed E-state index contributed by atoms with van der Waals surface area (Å²) in [6, 6.07) is 11.2. The van der Waals surface area contributed by atoms with E-state index in [4.69, 9.17) is 21.7 Å². The normalized spacial score (nSPS) is 14.9. The van der Waals surface area contributed by atoms with Crippen LogP contribution in [0, 0.1) is 0 Å². The van der Waals surface area contributed by atoms with Crippen molar-refractivity contribution in [2.45, 2.75) is 33.6 Å². The summed E-state index contributed by atoms with van der Waals surface area (Å²) in [6.45, 7) is 10.6. The van der Waals surface area contributed by atoms with Crippen molar-refractivity contribution in [1.82, 2.24) is 5.32 Å². The third-order valence-corrected chi connectivity index (χ3v) is 5.41. The van der Waals surface area contributed by atoms with Crippen molar-refractivity contribution in [2.75, 3.05) is 18.1 Å². The highest BCUT2D eigenvalue weighted by Gasteiger charge is 2.34. The predicted molar refractivity (Wildman–Crippen MR) is 135 cm³/mol. The number of amides is 2. The Morgan fingerprint density at radius 2 is 1.76 bits per heavy atom. The summed E-state index contributed by atoms with van der Waals surface area (Å²) in [5, 5.41) is 2.68. The van der Waals surface area contributed by atoms with E-state index < -0.39 is 11.8 Å². The Balaban J connectivity index is 2.05. The predicted octanol–water partition coefficient (Wildman–Crippen LogP) is 4.61. The molecule has 0 aromatic heterocycles. The number of thiocarbonyl (C=S) groups is 1. The van der Waals surface area contributed by atoms with Crippen LogP contribution in [0.1, 0.15) is 37.5 Å². The van der Waals surface area contributed by atoms with Crippen LogP contribution in [0.3, 0.4) is 0 Å². The van der Waals surface area contributed by atoms with E-state index in [-0.39, 0.29) is 10.7 Å². The molecule has 1 N–H and O–H groups in total. The molecule has 1 saturated heterocycles. The average Bonchev–Trinajstić information content (AvgIpc) is 2.79. The molecule has 2 aromatic rings. The summed E-state index contributed by atoms with van der Waals surface area (Å²) >= 11 is 5.30. The van der Waals surface area contributed by atoms with Gasteiger partial charge in [0.2, 0.25) is 0 Å². The lowest BCUT2D eigenvalue weighted by molar-refractivity contribution is -0.122. The Kier molecular flexibility index (Phi) is 8.01. The standard InChI is InChI=1S/C26H28N2O4S/c1-5-9-19-14-18(16-22(31-7-3)23(19)32-8-4)15-21-24(29)27-26(33)28(25(21)30)20-12-10-17(6-2)11-13-20/h5,10-16H,1,6-9H2,2-4H3,(H,27,29,33). The molecule has 0 radical (unpaired) electrons. The summed E-state index contributed by atoms with van der Waals surface area (Å²) in [5.74, 6) is 0.171. The zero-order valence-corrected chi connectivity index (χ0v) is 20.0. The van der Waals surface area contributed by atoms with Crippen LogP contribution in [0.5, 0.6) is 11.5 Å². The molecule has 1 fully saturated rings. The molecule has 0 saturated carbocycles. The lowest BCUT2D eigenvalue weighted by Gasteiger charge is -2.29. The molecule has 0 spiro atoms. The number of nitrogens with zero attached hydrogens (tertiary/aromatic N) is 1. The number of benzene rings is 2. The minimum atomic E-state index is -0.538. The van der Waals surface area contributed by atoms with Crippen LogP contribution in [0.4, 0.5) is 5.69 Å². The van der Waals surface area contributed by atoms with Gasteiger partial charge in [0, 0.05) is 5.56 Å². The van der Waals surface area contributed by atoms with E-state index in [0.717, 1.165) is 17.5 Å². The van der Waals surface area contributed by atoms with E-state index in [9.17, 15) is 9.59 Å². The molecule has 0 unspecified atom stereocenters. The van der Waals surface area contributed by atoms with Gasteiger partial charge in [0.1, 0.15) is 5.57 Å². The van der Waals surface area contributed by atoms with Crippen molar-refractivity contribution in [3.05, 3.63) is 71.3 Å². The molecule has 33 heavy (non-hydrogen) atoms. The molecule has 0 atom stereocenters. The maximum atomic E-state index is 13.3. The number of nitrogens with one attached hydrogen (secondary N) is 1. The average molecular weight is 465 g/mol. The molecule has 1 heterocycles. The smallest absolute Gasteiger partial charge is 0.270 e. The van der Waals surface area contributed by atoms with Crippen LogP contribution in [-0.2, 0) is 22.4 Å². The highest BCUT2D eigenvalue weighted by Crippen LogP contribution is 2.35. The summed E-state index contributed by atoms with van der Waals surface area (Å²) < 4.78 is 11.6. The minimum Gasteiger partial charge on any atom is -0.490 e. The van der Waals surface area contributed by atoms with E-state index in [1.165, 1.54) is 4.90 Å². The fourth-order valence-corrected chi connectivity index (χ4v) is 3.87. The summed E-state index contributed by atoms with van der Waals surface area (Å²) in [6.07, 6.45) is 4.75.